The summed E-state index contributed by atoms with van der Waals surface area (Å²) in [5.41, 5.74) is 0. The molecule has 0 saturated heterocycles. The van der Waals surface area contributed by atoms with Gasteiger partial charge in [0.25, 0.3) is 0 Å². The molecule has 0 aliphatic rings. The van der Waals surface area contributed by atoms with Gasteiger partial charge in [0.15, 0.2) is 6.54 Å². The summed E-state index contributed by atoms with van der Waals surface area (Å²) in [5.74, 6) is -1.93. The second-order valence-electron chi connectivity index (χ2n) is 3.28. The van der Waals surface area contributed by atoms with E-state index in [0.717, 1.165) is 0 Å². The summed E-state index contributed by atoms with van der Waals surface area (Å²) in [5, 5.41) is 13.3. The maximum atomic E-state index is 10.9. The Morgan fingerprint density at radius 2 is 2.07 bits per heavy atom. The molecule has 0 radical (unpaired) electrons. The van der Waals surface area contributed by atoms with Gasteiger partial charge in [0.05, 0.1) is 0 Å². The van der Waals surface area contributed by atoms with Gasteiger partial charge < -0.3 is 10.4 Å². The van der Waals surface area contributed by atoms with E-state index in [1.807, 2.05) is 0 Å². The van der Waals surface area contributed by atoms with Crippen LogP contribution in [-0.4, -0.2) is 34.3 Å². The zero-order chi connectivity index (χ0) is 11.4. The molecule has 0 rings (SSSR count). The summed E-state index contributed by atoms with van der Waals surface area (Å²) in [6.45, 7) is 2.50. The summed E-state index contributed by atoms with van der Waals surface area (Å²) in [6, 6.07) is -1.15. The second kappa shape index (κ2) is 4.94. The Labute approximate surface area is 86.4 Å². The Kier molecular flexibility index (Phi) is 4.55. The number of aliphatic carboxylic acids is 1. The molecular weight excluding hydrogens is 208 g/mol. The smallest absolute Gasteiger partial charge is 0.327 e. The lowest BCUT2D eigenvalue weighted by Crippen LogP contribution is -2.52. The Morgan fingerprint density at radius 3 is 2.36 bits per heavy atom. The van der Waals surface area contributed by atoms with Gasteiger partial charge >= 0.3 is 5.97 Å². The van der Waals surface area contributed by atoms with Crippen LogP contribution in [0.4, 0.5) is 0 Å². The molecule has 1 atom stereocenters. The van der Waals surface area contributed by atoms with Gasteiger partial charge in [-0.1, -0.05) is 5.18 Å². The molecule has 0 unspecified atom stereocenters. The number of nitrogens with zero attached hydrogens (tertiary/aromatic N) is 1. The number of thiol groups is 1. The Hall–Kier alpha value is -1.11. The highest BCUT2D eigenvalue weighted by atomic mass is 32.1. The summed E-state index contributed by atoms with van der Waals surface area (Å²) in [4.78, 5) is 31.4. The monoisotopic (exact) mass is 220 g/mol. The number of carbonyl (C=O) groups excluding carboxylic acids is 1. The van der Waals surface area contributed by atoms with Crippen molar-refractivity contribution in [1.29, 1.82) is 0 Å². The molecule has 80 valence electrons. The van der Waals surface area contributed by atoms with E-state index < -0.39 is 29.2 Å². The minimum Gasteiger partial charge on any atom is -0.480 e. The molecule has 0 aromatic heterocycles. The van der Waals surface area contributed by atoms with Crippen molar-refractivity contribution < 1.29 is 14.7 Å². The molecule has 0 aliphatic heterocycles. The summed E-state index contributed by atoms with van der Waals surface area (Å²) >= 11 is 4.03. The zero-order valence-corrected chi connectivity index (χ0v) is 8.75. The average Bonchev–Trinajstić information content (AvgIpc) is 1.98. The zero-order valence-electron chi connectivity index (χ0n) is 7.85. The first kappa shape index (κ1) is 12.9. The lowest BCUT2D eigenvalue weighted by molar-refractivity contribution is -0.142. The van der Waals surface area contributed by atoms with E-state index in [-0.39, 0.29) is 0 Å². The van der Waals surface area contributed by atoms with Crippen LogP contribution in [0, 0.1) is 4.91 Å². The lowest BCUT2D eigenvalue weighted by atomic mass is 10.0. The summed E-state index contributed by atoms with van der Waals surface area (Å²) < 4.78 is -0.912. The predicted octanol–water partition coefficient (Wildman–Crippen LogP) is 0.0306. The molecule has 6 nitrogen and oxygen atoms in total. The van der Waals surface area contributed by atoms with E-state index in [1.54, 1.807) is 13.8 Å². The number of rotatable bonds is 5. The number of hydrogen-bond donors (Lipinski definition) is 3. The molecule has 0 aliphatic carbocycles. The highest BCUT2D eigenvalue weighted by Gasteiger charge is 2.33. The third kappa shape index (κ3) is 4.22. The molecular formula is C7H12N2O4S. The molecule has 0 bridgehead atoms. The fraction of sp³-hybridized carbons (Fsp3) is 0.714. The minimum absolute atomic E-state index is 0.590. The number of nitrogens with one attached hydrogen (secondary N) is 1. The second-order valence-corrected chi connectivity index (χ2v) is 4.43. The van der Waals surface area contributed by atoms with Gasteiger partial charge in [-0.2, -0.15) is 17.5 Å². The molecule has 7 heteroatoms. The first-order valence-electron chi connectivity index (χ1n) is 3.82. The van der Waals surface area contributed by atoms with E-state index in [0.29, 0.717) is 0 Å². The molecule has 0 heterocycles. The van der Waals surface area contributed by atoms with Crippen molar-refractivity contribution in [3.63, 3.8) is 0 Å². The van der Waals surface area contributed by atoms with Crippen molar-refractivity contribution >= 4 is 24.5 Å². The van der Waals surface area contributed by atoms with Gasteiger partial charge in [-0.15, -0.1) is 0 Å². The summed E-state index contributed by atoms with van der Waals surface area (Å²) in [6.07, 6.45) is 0. The molecule has 0 aromatic rings. The SMILES string of the molecule is CC(C)(S)[C@H](NC(=O)CN=O)C(=O)O. The largest absolute Gasteiger partial charge is 0.480 e. The van der Waals surface area contributed by atoms with Crippen molar-refractivity contribution in [2.24, 2.45) is 5.18 Å². The van der Waals surface area contributed by atoms with Crippen LogP contribution in [0.5, 0.6) is 0 Å². The molecule has 0 spiro atoms. The predicted molar refractivity (Wildman–Crippen MR) is 53.3 cm³/mol. The van der Waals surface area contributed by atoms with Crippen LogP contribution in [0.2, 0.25) is 0 Å². The topological polar surface area (TPSA) is 95.8 Å². The minimum atomic E-state index is -1.20. The number of nitroso groups, excluding NO2 is 1. The molecule has 14 heavy (non-hydrogen) atoms. The maximum Gasteiger partial charge on any atom is 0.327 e. The molecule has 0 aromatic carbocycles. The molecule has 0 saturated carbocycles. The van der Waals surface area contributed by atoms with Crippen LogP contribution in [0.15, 0.2) is 5.18 Å². The van der Waals surface area contributed by atoms with Gasteiger partial charge in [-0.3, -0.25) is 4.79 Å². The van der Waals surface area contributed by atoms with Gasteiger partial charge in [0.1, 0.15) is 6.04 Å². The Bertz CT molecular complexity index is 249. The van der Waals surface area contributed by atoms with Crippen LogP contribution in [0.1, 0.15) is 13.8 Å². The van der Waals surface area contributed by atoms with E-state index in [1.165, 1.54) is 0 Å². The van der Waals surface area contributed by atoms with Crippen LogP contribution < -0.4 is 5.32 Å². The van der Waals surface area contributed by atoms with Crippen LogP contribution in [0.3, 0.4) is 0 Å². The van der Waals surface area contributed by atoms with Gasteiger partial charge in [0.2, 0.25) is 5.91 Å². The van der Waals surface area contributed by atoms with Gasteiger partial charge in [-0.05, 0) is 13.8 Å². The Balaban J connectivity index is 4.47. The van der Waals surface area contributed by atoms with Crippen LogP contribution >= 0.6 is 12.6 Å². The van der Waals surface area contributed by atoms with Gasteiger partial charge in [-0.25, -0.2) is 4.79 Å². The van der Waals surface area contributed by atoms with E-state index in [4.69, 9.17) is 5.11 Å². The van der Waals surface area contributed by atoms with Crippen molar-refractivity contribution in [2.75, 3.05) is 6.54 Å². The normalized spacial score (nSPS) is 13.1. The van der Waals surface area contributed by atoms with Crippen molar-refractivity contribution in [3.8, 4) is 0 Å². The first-order valence-corrected chi connectivity index (χ1v) is 4.27. The fourth-order valence-corrected chi connectivity index (χ4v) is 0.981. The summed E-state index contributed by atoms with van der Waals surface area (Å²) in [7, 11) is 0. The third-order valence-electron chi connectivity index (χ3n) is 1.47. The first-order chi connectivity index (χ1) is 6.29. The fourth-order valence-electron chi connectivity index (χ4n) is 0.806. The standard InChI is InChI=1S/C7H12N2O4S/c1-7(2,14)5(6(11)12)9-4(10)3-8-13/h5,14H,3H2,1-2H3,(H,9,10)(H,11,12)/t5-/m1/s1. The van der Waals surface area contributed by atoms with E-state index >= 15 is 0 Å². The quantitative estimate of drug-likeness (QED) is 0.450. The van der Waals surface area contributed by atoms with Crippen molar-refractivity contribution in [2.45, 2.75) is 24.6 Å². The van der Waals surface area contributed by atoms with Gasteiger partial charge in [0, 0.05) is 4.75 Å². The third-order valence-corrected chi connectivity index (χ3v) is 1.73. The molecule has 1 amide bonds. The van der Waals surface area contributed by atoms with Crippen molar-refractivity contribution in [3.05, 3.63) is 4.91 Å². The van der Waals surface area contributed by atoms with Crippen LogP contribution in [-0.2, 0) is 9.59 Å². The Morgan fingerprint density at radius 1 is 1.57 bits per heavy atom. The van der Waals surface area contributed by atoms with E-state index in [9.17, 15) is 14.5 Å². The highest BCUT2D eigenvalue weighted by Crippen LogP contribution is 2.17. The van der Waals surface area contributed by atoms with Crippen LogP contribution in [0.25, 0.3) is 0 Å². The molecule has 0 fully saturated rings. The van der Waals surface area contributed by atoms with Crippen molar-refractivity contribution in [1.82, 2.24) is 5.32 Å². The number of carboxylic acid groups (broad SMARTS) is 1. The number of carboxylic acids is 1. The number of amides is 1. The lowest BCUT2D eigenvalue weighted by Gasteiger charge is -2.26. The maximum absolute atomic E-state index is 10.9. The average molecular weight is 220 g/mol. The van der Waals surface area contributed by atoms with E-state index in [2.05, 4.69) is 23.1 Å². The number of carbonyl (C=O) groups is 2. The molecule has 2 N–H and O–H groups in total. The highest BCUT2D eigenvalue weighted by molar-refractivity contribution is 7.81. The number of hydrogen-bond acceptors (Lipinski definition) is 5.